The number of rotatable bonds is 7. The Kier molecular flexibility index (Phi) is 6.87. The molecule has 0 saturated heterocycles. The van der Waals surface area contributed by atoms with Gasteiger partial charge in [-0.1, -0.05) is 84.9 Å². The van der Waals surface area contributed by atoms with Crippen molar-refractivity contribution < 1.29 is 15.0 Å². The zero-order valence-electron chi connectivity index (χ0n) is 20.7. The Balaban J connectivity index is 1.66. The van der Waals surface area contributed by atoms with E-state index in [1.807, 2.05) is 73.7 Å². The molecule has 5 aromatic carbocycles. The molecule has 0 heterocycles. The maximum Gasteiger partial charge on any atom is 0.150 e. The summed E-state index contributed by atoms with van der Waals surface area (Å²) in [5, 5.41) is 22.0. The summed E-state index contributed by atoms with van der Waals surface area (Å²) in [5.41, 5.74) is 8.32. The molecule has 37 heavy (non-hydrogen) atoms. The molecule has 0 aliphatic carbocycles. The first-order valence-corrected chi connectivity index (χ1v) is 12.3. The second-order valence-corrected chi connectivity index (χ2v) is 9.37. The molecule has 0 spiro atoms. The molecule has 0 radical (unpaired) electrons. The number of aromatic hydroxyl groups is 2. The second-order valence-electron chi connectivity index (χ2n) is 9.37. The number of phenolic OH excluding ortho intramolecular Hbond substituents is 2. The van der Waals surface area contributed by atoms with Crippen LogP contribution >= 0.6 is 0 Å². The zero-order valence-corrected chi connectivity index (χ0v) is 20.7. The molecule has 3 heteroatoms. The third-order valence-corrected chi connectivity index (χ3v) is 6.74. The topological polar surface area (TPSA) is 57.5 Å². The second kappa shape index (κ2) is 10.5. The van der Waals surface area contributed by atoms with Crippen molar-refractivity contribution in [3.63, 3.8) is 0 Å². The van der Waals surface area contributed by atoms with E-state index in [4.69, 9.17) is 0 Å². The van der Waals surface area contributed by atoms with E-state index in [2.05, 4.69) is 24.3 Å². The molecule has 0 fully saturated rings. The summed E-state index contributed by atoms with van der Waals surface area (Å²) in [6, 6.07) is 35.1. The average Bonchev–Trinajstić information content (AvgIpc) is 2.92. The molecule has 0 unspecified atom stereocenters. The number of hydrogen-bond acceptors (Lipinski definition) is 3. The Morgan fingerprint density at radius 2 is 1.05 bits per heavy atom. The van der Waals surface area contributed by atoms with E-state index in [0.717, 1.165) is 34.1 Å². The fraction of sp³-hybridized carbons (Fsp3) is 0.0882. The highest BCUT2D eigenvalue weighted by Gasteiger charge is 2.20. The molecule has 2 N–H and O–H groups in total. The first kappa shape index (κ1) is 24.1. The third-order valence-electron chi connectivity index (χ3n) is 6.74. The molecule has 0 aromatic heterocycles. The van der Waals surface area contributed by atoms with Crippen molar-refractivity contribution in [2.75, 3.05) is 0 Å². The van der Waals surface area contributed by atoms with E-state index < -0.39 is 0 Å². The predicted octanol–water partition coefficient (Wildman–Crippen LogP) is 7.73. The summed E-state index contributed by atoms with van der Waals surface area (Å²) >= 11 is 0. The number of carbonyl (C=O) groups excluding carboxylic acids is 1. The Morgan fingerprint density at radius 3 is 1.54 bits per heavy atom. The highest BCUT2D eigenvalue weighted by atomic mass is 16.3. The van der Waals surface area contributed by atoms with Crippen molar-refractivity contribution in [1.82, 2.24) is 0 Å². The Hall–Kier alpha value is -4.63. The van der Waals surface area contributed by atoms with Crippen LogP contribution in [0.2, 0.25) is 0 Å². The highest BCUT2D eigenvalue weighted by Crippen LogP contribution is 2.44. The summed E-state index contributed by atoms with van der Waals surface area (Å²) in [6.07, 6.45) is 2.23. The van der Waals surface area contributed by atoms with Crippen molar-refractivity contribution in [1.29, 1.82) is 0 Å². The number of aldehydes is 1. The molecule has 0 aliphatic rings. The van der Waals surface area contributed by atoms with Crippen molar-refractivity contribution in [2.24, 2.45) is 0 Å². The summed E-state index contributed by atoms with van der Waals surface area (Å²) in [6.45, 7) is 1.96. The predicted molar refractivity (Wildman–Crippen MR) is 149 cm³/mol. The first-order valence-electron chi connectivity index (χ1n) is 12.3. The molecule has 0 saturated carbocycles. The number of benzene rings is 5. The van der Waals surface area contributed by atoms with Crippen LogP contribution in [0.1, 0.15) is 38.2 Å². The smallest absolute Gasteiger partial charge is 0.150 e. The van der Waals surface area contributed by atoms with E-state index in [-0.39, 0.29) is 11.5 Å². The van der Waals surface area contributed by atoms with Gasteiger partial charge in [0.05, 0.1) is 0 Å². The van der Waals surface area contributed by atoms with E-state index in [1.54, 1.807) is 18.2 Å². The lowest BCUT2D eigenvalue weighted by Crippen LogP contribution is -1.98. The van der Waals surface area contributed by atoms with Gasteiger partial charge in [0.25, 0.3) is 0 Å². The summed E-state index contributed by atoms with van der Waals surface area (Å²) in [5.74, 6) is 0.218. The van der Waals surface area contributed by atoms with Crippen LogP contribution in [-0.2, 0) is 12.8 Å². The van der Waals surface area contributed by atoms with E-state index in [1.165, 1.54) is 5.56 Å². The van der Waals surface area contributed by atoms with E-state index >= 15 is 0 Å². The van der Waals surface area contributed by atoms with Crippen LogP contribution in [0, 0.1) is 6.92 Å². The number of carbonyl (C=O) groups is 1. The molecule has 0 atom stereocenters. The quantitative estimate of drug-likeness (QED) is 0.232. The lowest BCUT2D eigenvalue weighted by Gasteiger charge is -2.19. The minimum absolute atomic E-state index is 0.0895. The van der Waals surface area contributed by atoms with Gasteiger partial charge in [-0.15, -0.1) is 0 Å². The van der Waals surface area contributed by atoms with Gasteiger partial charge >= 0.3 is 0 Å². The van der Waals surface area contributed by atoms with Crippen LogP contribution in [0.3, 0.4) is 0 Å². The Morgan fingerprint density at radius 1 is 0.568 bits per heavy atom. The van der Waals surface area contributed by atoms with Crippen LogP contribution in [-0.4, -0.2) is 16.5 Å². The molecule has 3 nitrogen and oxygen atoms in total. The van der Waals surface area contributed by atoms with Crippen LogP contribution in [0.15, 0.2) is 109 Å². The summed E-state index contributed by atoms with van der Waals surface area (Å²) in [7, 11) is 0. The molecule has 0 amide bonds. The Bertz CT molecular complexity index is 1550. The SMILES string of the molecule is Cc1ccc(C=O)c(-c2cc(Cc3ccccc3)ccc2O)c1-c1cc(Cc2ccccc2)ccc1O. The van der Waals surface area contributed by atoms with Crippen molar-refractivity contribution in [2.45, 2.75) is 19.8 Å². The fourth-order valence-electron chi connectivity index (χ4n) is 4.91. The van der Waals surface area contributed by atoms with Gasteiger partial charge in [-0.25, -0.2) is 0 Å². The lowest BCUT2D eigenvalue weighted by atomic mass is 9.85. The van der Waals surface area contributed by atoms with Gasteiger partial charge in [0.1, 0.15) is 11.5 Å². The van der Waals surface area contributed by atoms with Gasteiger partial charge < -0.3 is 10.2 Å². The third kappa shape index (κ3) is 5.17. The molecule has 0 bridgehead atoms. The largest absolute Gasteiger partial charge is 0.507 e. The molecule has 0 aliphatic heterocycles. The number of phenols is 2. The monoisotopic (exact) mass is 484 g/mol. The van der Waals surface area contributed by atoms with E-state index in [0.29, 0.717) is 35.1 Å². The fourth-order valence-corrected chi connectivity index (χ4v) is 4.91. The van der Waals surface area contributed by atoms with Gasteiger partial charge in [-0.3, -0.25) is 4.79 Å². The van der Waals surface area contributed by atoms with Crippen LogP contribution in [0.5, 0.6) is 11.5 Å². The maximum atomic E-state index is 12.2. The molecule has 5 rings (SSSR count). The minimum Gasteiger partial charge on any atom is -0.507 e. The summed E-state index contributed by atoms with van der Waals surface area (Å²) < 4.78 is 0. The zero-order chi connectivity index (χ0) is 25.8. The standard InChI is InChI=1S/C34H28O3/c1-23-12-15-28(22-35)34(30-21-27(14-17-32(30)37)19-25-10-6-3-7-11-25)33(23)29-20-26(13-16-31(29)36)18-24-8-4-2-5-9-24/h2-17,20-22,36-37H,18-19H2,1H3. The van der Waals surface area contributed by atoms with Gasteiger partial charge in [-0.05, 0) is 77.4 Å². The average molecular weight is 485 g/mol. The van der Waals surface area contributed by atoms with Crippen molar-refractivity contribution >= 4 is 6.29 Å². The van der Waals surface area contributed by atoms with Gasteiger partial charge in [0.15, 0.2) is 6.29 Å². The lowest BCUT2D eigenvalue weighted by molar-refractivity contribution is 0.112. The van der Waals surface area contributed by atoms with Crippen LogP contribution in [0.4, 0.5) is 0 Å². The van der Waals surface area contributed by atoms with Gasteiger partial charge in [0, 0.05) is 22.3 Å². The first-order chi connectivity index (χ1) is 18.0. The van der Waals surface area contributed by atoms with Crippen molar-refractivity contribution in [3.05, 3.63) is 143 Å². The molecular formula is C34H28O3. The van der Waals surface area contributed by atoms with Gasteiger partial charge in [0.2, 0.25) is 0 Å². The maximum absolute atomic E-state index is 12.2. The number of aryl methyl sites for hydroxylation is 1. The minimum atomic E-state index is 0.0895. The normalized spacial score (nSPS) is 10.8. The van der Waals surface area contributed by atoms with E-state index in [9.17, 15) is 15.0 Å². The van der Waals surface area contributed by atoms with Crippen LogP contribution in [0.25, 0.3) is 22.3 Å². The highest BCUT2D eigenvalue weighted by molar-refractivity contribution is 5.99. The van der Waals surface area contributed by atoms with Crippen LogP contribution < -0.4 is 0 Å². The molecule has 5 aromatic rings. The van der Waals surface area contributed by atoms with Gasteiger partial charge in [-0.2, -0.15) is 0 Å². The molecule has 182 valence electrons. The summed E-state index contributed by atoms with van der Waals surface area (Å²) in [4.78, 5) is 12.2. The Labute approximate surface area is 217 Å². The van der Waals surface area contributed by atoms with Crippen molar-refractivity contribution in [3.8, 4) is 33.8 Å². The molecular weight excluding hydrogens is 456 g/mol. The number of hydrogen-bond donors (Lipinski definition) is 2.